The van der Waals surface area contributed by atoms with E-state index in [0.717, 1.165) is 22.3 Å². The number of aryl methyl sites for hydroxylation is 1. The minimum absolute atomic E-state index is 0.0881. The fourth-order valence-corrected chi connectivity index (χ4v) is 3.05. The molecule has 3 rings (SSSR count). The van der Waals surface area contributed by atoms with Gasteiger partial charge in [0, 0.05) is 28.7 Å². The highest BCUT2D eigenvalue weighted by Crippen LogP contribution is 2.26. The maximum absolute atomic E-state index is 12.5. The maximum atomic E-state index is 12.5. The number of aliphatic carboxylic acids is 2. The van der Waals surface area contributed by atoms with Crippen molar-refractivity contribution in [2.75, 3.05) is 13.2 Å². The third-order valence-corrected chi connectivity index (χ3v) is 4.63. The van der Waals surface area contributed by atoms with Crippen LogP contribution < -0.4 is 10.1 Å². The van der Waals surface area contributed by atoms with Gasteiger partial charge in [-0.05, 0) is 58.0 Å². The van der Waals surface area contributed by atoms with Crippen molar-refractivity contribution >= 4 is 28.8 Å². The van der Waals surface area contributed by atoms with E-state index < -0.39 is 24.5 Å². The zero-order valence-electron chi connectivity index (χ0n) is 20.3. The van der Waals surface area contributed by atoms with Crippen LogP contribution in [0.15, 0.2) is 54.6 Å². The van der Waals surface area contributed by atoms with Crippen LogP contribution in [-0.2, 0) is 14.3 Å². The summed E-state index contributed by atoms with van der Waals surface area (Å²) >= 11 is 0. The highest BCUT2D eigenvalue weighted by atomic mass is 16.6. The van der Waals surface area contributed by atoms with Crippen molar-refractivity contribution in [1.82, 2.24) is 10.3 Å². The molecule has 0 bridgehead atoms. The number of nitrogens with one attached hydrogen (secondary N) is 2. The highest BCUT2D eigenvalue weighted by molar-refractivity contribution is 5.89. The zero-order chi connectivity index (χ0) is 26.0. The maximum Gasteiger partial charge on any atom is 0.338 e. The zero-order valence-corrected chi connectivity index (χ0v) is 20.3. The van der Waals surface area contributed by atoms with Crippen molar-refractivity contribution in [2.24, 2.45) is 0 Å². The third kappa shape index (κ3) is 9.89. The predicted molar refractivity (Wildman–Crippen MR) is 132 cm³/mol. The van der Waals surface area contributed by atoms with Crippen molar-refractivity contribution in [1.29, 1.82) is 0 Å². The number of H-pyrrole nitrogens is 1. The van der Waals surface area contributed by atoms with Crippen molar-refractivity contribution in [3.63, 3.8) is 0 Å². The fourth-order valence-electron chi connectivity index (χ4n) is 3.05. The van der Waals surface area contributed by atoms with Crippen molar-refractivity contribution in [3.8, 4) is 5.75 Å². The lowest BCUT2D eigenvalue weighted by Gasteiger charge is -2.25. The number of fused-ring (bicyclic) bond motifs is 1. The van der Waals surface area contributed by atoms with Crippen LogP contribution in [0, 0.1) is 6.92 Å². The number of ether oxygens (including phenoxy) is 2. The molecular weight excluding hydrogens is 452 g/mol. The van der Waals surface area contributed by atoms with E-state index in [1.807, 2.05) is 43.3 Å². The summed E-state index contributed by atoms with van der Waals surface area (Å²) in [7, 11) is 0. The van der Waals surface area contributed by atoms with Gasteiger partial charge >= 0.3 is 17.9 Å². The standard InChI is InChI=1S/C23H28N2O3.C3H4O4/c1-16-13-19-20(25-16)11-8-12-21(19)27-15-18(14-24-23(2,3)4)28-22(26)17-9-6-5-7-10-17;4-2(5)1-3(6)7/h5-13,18,24-25H,14-15H2,1-4H3;1H2,(H,4,5)(H,6,7)/t18-;/m1./s1. The van der Waals surface area contributed by atoms with Crippen LogP contribution in [0.3, 0.4) is 0 Å². The van der Waals surface area contributed by atoms with Gasteiger partial charge in [0.05, 0.1) is 5.56 Å². The van der Waals surface area contributed by atoms with E-state index >= 15 is 0 Å². The number of rotatable bonds is 9. The second-order valence-electron chi connectivity index (χ2n) is 8.97. The molecule has 9 nitrogen and oxygen atoms in total. The van der Waals surface area contributed by atoms with E-state index in [1.165, 1.54) is 0 Å². The molecular formula is C26H32N2O7. The normalized spacial score (nSPS) is 11.8. The number of carboxylic acids is 2. The molecule has 1 aromatic heterocycles. The molecule has 0 fully saturated rings. The van der Waals surface area contributed by atoms with Crippen molar-refractivity contribution in [2.45, 2.75) is 45.8 Å². The summed E-state index contributed by atoms with van der Waals surface area (Å²) < 4.78 is 11.8. The molecule has 0 saturated carbocycles. The molecule has 0 aliphatic heterocycles. The minimum atomic E-state index is -1.31. The van der Waals surface area contributed by atoms with Crippen molar-refractivity contribution < 1.29 is 34.1 Å². The Morgan fingerprint density at radius 2 is 1.66 bits per heavy atom. The van der Waals surface area contributed by atoms with Gasteiger partial charge in [-0.3, -0.25) is 9.59 Å². The quantitative estimate of drug-likeness (QED) is 0.264. The number of esters is 1. The number of carboxylic acid groups (broad SMARTS) is 2. The minimum Gasteiger partial charge on any atom is -0.489 e. The SMILES string of the molecule is Cc1cc2c(OC[C@@H](CNC(C)(C)C)OC(=O)c3ccccc3)cccc2[nH]1.O=C(O)CC(=O)O. The first-order valence-electron chi connectivity index (χ1n) is 11.1. The van der Waals surface area contributed by atoms with E-state index in [2.05, 4.69) is 37.1 Å². The average molecular weight is 485 g/mol. The summed E-state index contributed by atoms with van der Waals surface area (Å²) in [6.45, 7) is 9.02. The van der Waals surface area contributed by atoms with Gasteiger partial charge in [0.15, 0.2) is 0 Å². The number of carbonyl (C=O) groups excluding carboxylic acids is 1. The molecule has 0 unspecified atom stereocenters. The summed E-state index contributed by atoms with van der Waals surface area (Å²) in [5, 5.41) is 19.8. The molecule has 9 heteroatoms. The highest BCUT2D eigenvalue weighted by Gasteiger charge is 2.20. The first kappa shape index (κ1) is 27.4. The van der Waals surface area contributed by atoms with Crippen LogP contribution in [0.5, 0.6) is 5.75 Å². The molecule has 1 atom stereocenters. The van der Waals surface area contributed by atoms with Crippen LogP contribution in [0.2, 0.25) is 0 Å². The summed E-state index contributed by atoms with van der Waals surface area (Å²) in [5.41, 5.74) is 2.55. The lowest BCUT2D eigenvalue weighted by Crippen LogP contribution is -2.44. The van der Waals surface area contributed by atoms with E-state index in [1.54, 1.807) is 12.1 Å². The van der Waals surface area contributed by atoms with Gasteiger partial charge in [-0.1, -0.05) is 24.3 Å². The predicted octanol–water partition coefficient (Wildman–Crippen LogP) is 4.01. The number of hydrogen-bond donors (Lipinski definition) is 4. The third-order valence-electron chi connectivity index (χ3n) is 4.63. The van der Waals surface area contributed by atoms with Gasteiger partial charge in [-0.25, -0.2) is 4.79 Å². The Morgan fingerprint density at radius 1 is 1.00 bits per heavy atom. The Kier molecular flexibility index (Phi) is 9.84. The van der Waals surface area contributed by atoms with Crippen LogP contribution in [0.25, 0.3) is 10.9 Å². The Morgan fingerprint density at radius 3 is 2.23 bits per heavy atom. The number of hydrogen-bond acceptors (Lipinski definition) is 6. The first-order chi connectivity index (χ1) is 16.4. The monoisotopic (exact) mass is 484 g/mol. The van der Waals surface area contributed by atoms with Gasteiger partial charge in [0.2, 0.25) is 0 Å². The van der Waals surface area contributed by atoms with Gasteiger partial charge in [-0.2, -0.15) is 0 Å². The smallest absolute Gasteiger partial charge is 0.338 e. The Bertz CT molecular complexity index is 1120. The van der Waals surface area contributed by atoms with E-state index in [9.17, 15) is 14.4 Å². The lowest BCUT2D eigenvalue weighted by atomic mass is 10.1. The van der Waals surface area contributed by atoms with Crippen molar-refractivity contribution in [3.05, 3.63) is 65.9 Å². The number of aromatic amines is 1. The van der Waals surface area contributed by atoms with Crippen LogP contribution in [0.1, 0.15) is 43.2 Å². The Labute approximate surface area is 204 Å². The largest absolute Gasteiger partial charge is 0.489 e. The van der Waals surface area contributed by atoms with E-state index in [0.29, 0.717) is 12.1 Å². The molecule has 0 spiro atoms. The molecule has 188 valence electrons. The lowest BCUT2D eigenvalue weighted by molar-refractivity contribution is -0.147. The Hall–Kier alpha value is -3.85. The van der Waals surface area contributed by atoms with Crippen LogP contribution in [0.4, 0.5) is 0 Å². The summed E-state index contributed by atoms with van der Waals surface area (Å²) in [6, 6.07) is 17.0. The number of carbonyl (C=O) groups is 3. The molecule has 2 aromatic carbocycles. The molecule has 0 aliphatic rings. The molecule has 0 saturated heterocycles. The second kappa shape index (κ2) is 12.6. The van der Waals surface area contributed by atoms with Gasteiger partial charge in [0.1, 0.15) is 24.9 Å². The molecule has 0 radical (unpaired) electrons. The molecule has 3 aromatic rings. The van der Waals surface area contributed by atoms with E-state index in [4.69, 9.17) is 19.7 Å². The summed E-state index contributed by atoms with van der Waals surface area (Å²) in [4.78, 5) is 34.7. The van der Waals surface area contributed by atoms with Gasteiger partial charge in [-0.15, -0.1) is 0 Å². The van der Waals surface area contributed by atoms with Gasteiger partial charge in [0.25, 0.3) is 0 Å². The van der Waals surface area contributed by atoms with Gasteiger partial charge < -0.3 is 30.0 Å². The van der Waals surface area contributed by atoms with Crippen LogP contribution in [-0.4, -0.2) is 57.9 Å². The fraction of sp³-hybridized carbons (Fsp3) is 0.346. The molecule has 35 heavy (non-hydrogen) atoms. The number of aromatic nitrogens is 1. The Balaban J connectivity index is 0.000000540. The molecule has 4 N–H and O–H groups in total. The average Bonchev–Trinajstić information content (AvgIpc) is 3.16. The number of benzene rings is 2. The topological polar surface area (TPSA) is 138 Å². The second-order valence-corrected chi connectivity index (χ2v) is 8.97. The summed E-state index contributed by atoms with van der Waals surface area (Å²) in [5.74, 6) is -2.20. The molecule has 1 heterocycles. The molecule has 0 amide bonds. The van der Waals surface area contributed by atoms with Crippen LogP contribution >= 0.6 is 0 Å². The summed E-state index contributed by atoms with van der Waals surface area (Å²) in [6.07, 6.45) is -1.22. The van der Waals surface area contributed by atoms with E-state index in [-0.39, 0.29) is 18.1 Å². The molecule has 0 aliphatic carbocycles. The first-order valence-corrected chi connectivity index (χ1v) is 11.1.